The van der Waals surface area contributed by atoms with Crippen molar-refractivity contribution >= 4 is 38.3 Å². The zero-order chi connectivity index (χ0) is 23.0. The number of carboxylic acids is 1. The molecule has 0 bridgehead atoms. The van der Waals surface area contributed by atoms with E-state index >= 15 is 0 Å². The molecule has 2 aromatic rings. The predicted octanol–water partition coefficient (Wildman–Crippen LogP) is 3.27. The number of unbranched alkanes of at least 4 members (excludes halogenated alkanes) is 2. The molecule has 0 spiro atoms. The van der Waals surface area contributed by atoms with Crippen LogP contribution < -0.4 is 10.5 Å². The summed E-state index contributed by atoms with van der Waals surface area (Å²) in [6.07, 6.45) is 3.93. The molecule has 9 heteroatoms. The Morgan fingerprint density at radius 2 is 1.90 bits per heavy atom. The maximum Gasteiger partial charge on any atom is 0.336 e. The summed E-state index contributed by atoms with van der Waals surface area (Å²) in [5.74, 6) is -1.45. The average Bonchev–Trinajstić information content (AvgIpc) is 2.60. The van der Waals surface area contributed by atoms with Gasteiger partial charge in [-0.3, -0.25) is 4.79 Å². The quantitative estimate of drug-likeness (QED) is 0.370. The van der Waals surface area contributed by atoms with Gasteiger partial charge in [-0.2, -0.15) is 0 Å². The van der Waals surface area contributed by atoms with E-state index < -0.39 is 33.0 Å². The van der Waals surface area contributed by atoms with Crippen LogP contribution in [0.2, 0.25) is 0 Å². The van der Waals surface area contributed by atoms with Gasteiger partial charge in [0.05, 0.1) is 21.4 Å². The molecule has 3 rings (SSSR count). The van der Waals surface area contributed by atoms with Gasteiger partial charge in [0.2, 0.25) is 0 Å². The first-order valence-corrected chi connectivity index (χ1v) is 11.7. The van der Waals surface area contributed by atoms with E-state index in [0.717, 1.165) is 12.8 Å². The lowest BCUT2D eigenvalue weighted by Gasteiger charge is -2.44. The van der Waals surface area contributed by atoms with Crippen LogP contribution in [-0.2, 0) is 14.9 Å². The zero-order valence-electron chi connectivity index (χ0n) is 17.8. The molecule has 0 unspecified atom stereocenters. The number of carbonyl (C=O) groups is 1. The summed E-state index contributed by atoms with van der Waals surface area (Å²) in [4.78, 5) is 24.7. The van der Waals surface area contributed by atoms with Crippen LogP contribution in [-0.4, -0.2) is 41.9 Å². The fourth-order valence-corrected chi connectivity index (χ4v) is 4.79. The Morgan fingerprint density at radius 1 is 1.19 bits per heavy atom. The molecule has 1 aromatic carbocycles. The van der Waals surface area contributed by atoms with Crippen LogP contribution in [0.3, 0.4) is 0 Å². The summed E-state index contributed by atoms with van der Waals surface area (Å²) in [6.45, 7) is 6.20. The summed E-state index contributed by atoms with van der Waals surface area (Å²) >= 11 is 0. The molecular weight excluding hydrogens is 422 g/mol. The Balaban J connectivity index is 2.07. The van der Waals surface area contributed by atoms with Crippen molar-refractivity contribution in [1.82, 2.24) is 0 Å². The van der Waals surface area contributed by atoms with E-state index in [9.17, 15) is 22.6 Å². The summed E-state index contributed by atoms with van der Waals surface area (Å²) in [7, 11) is -4.50. The molecular formula is C22H26NO7S-. The molecule has 31 heavy (non-hydrogen) atoms. The van der Waals surface area contributed by atoms with Crippen molar-refractivity contribution in [3.05, 3.63) is 45.8 Å². The van der Waals surface area contributed by atoms with Crippen LogP contribution >= 0.6 is 0 Å². The molecule has 0 aliphatic carbocycles. The monoisotopic (exact) mass is 448 g/mol. The molecule has 1 aliphatic heterocycles. The second-order valence-electron chi connectivity index (χ2n) is 8.50. The number of aryl methyl sites for hydroxylation is 1. The van der Waals surface area contributed by atoms with Crippen molar-refractivity contribution in [2.24, 2.45) is 0 Å². The molecule has 2 heterocycles. The van der Waals surface area contributed by atoms with Crippen LogP contribution in [0.15, 0.2) is 33.5 Å². The number of nitrogens with zero attached hydrogens (tertiary/aromatic N) is 1. The van der Waals surface area contributed by atoms with E-state index in [4.69, 9.17) is 9.52 Å². The molecule has 0 saturated carbocycles. The number of carboxylic acid groups (broad SMARTS) is 1. The van der Waals surface area contributed by atoms with E-state index in [1.54, 1.807) is 25.1 Å². The summed E-state index contributed by atoms with van der Waals surface area (Å²) < 4.78 is 40.1. The van der Waals surface area contributed by atoms with Crippen molar-refractivity contribution in [1.29, 1.82) is 0 Å². The minimum Gasteiger partial charge on any atom is -0.748 e. The van der Waals surface area contributed by atoms with Gasteiger partial charge < -0.3 is 19.0 Å². The minimum absolute atomic E-state index is 0.112. The number of anilines is 1. The third-order valence-electron chi connectivity index (χ3n) is 5.53. The van der Waals surface area contributed by atoms with Crippen molar-refractivity contribution in [2.75, 3.05) is 17.2 Å². The second-order valence-corrected chi connectivity index (χ2v) is 9.90. The Hall–Kier alpha value is -2.65. The topological polar surface area (TPSA) is 128 Å². The van der Waals surface area contributed by atoms with Crippen molar-refractivity contribution < 1.29 is 27.3 Å². The first kappa shape index (κ1) is 23.0. The maximum absolute atomic E-state index is 11.9. The summed E-state index contributed by atoms with van der Waals surface area (Å²) in [5.41, 5.74) is 1.74. The number of benzene rings is 1. The molecule has 0 saturated heterocycles. The van der Waals surface area contributed by atoms with Crippen LogP contribution in [0.1, 0.15) is 50.7 Å². The molecule has 0 fully saturated rings. The first-order chi connectivity index (χ1) is 14.4. The van der Waals surface area contributed by atoms with Gasteiger partial charge in [-0.15, -0.1) is 0 Å². The molecule has 1 aliphatic rings. The highest BCUT2D eigenvalue weighted by Gasteiger charge is 2.33. The van der Waals surface area contributed by atoms with Gasteiger partial charge >= 0.3 is 11.6 Å². The molecule has 1 N–H and O–H groups in total. The minimum atomic E-state index is -4.50. The highest BCUT2D eigenvalue weighted by atomic mass is 32.2. The SMILES string of the molecule is Cc1cc(=O)oc2cc3c(cc12)C(CS(=O)(=O)[O-])=CC(C)(C)N3CCCCCC(=O)O. The van der Waals surface area contributed by atoms with E-state index in [1.807, 2.05) is 13.8 Å². The Labute approximate surface area is 180 Å². The van der Waals surface area contributed by atoms with Crippen LogP contribution in [0.5, 0.6) is 0 Å². The predicted molar refractivity (Wildman–Crippen MR) is 117 cm³/mol. The lowest BCUT2D eigenvalue weighted by molar-refractivity contribution is -0.137. The lowest BCUT2D eigenvalue weighted by atomic mass is 9.87. The Bertz CT molecular complexity index is 1210. The average molecular weight is 449 g/mol. The van der Waals surface area contributed by atoms with Gasteiger partial charge in [0.15, 0.2) is 0 Å². The fraction of sp³-hybridized carbons (Fsp3) is 0.455. The number of fused-ring (bicyclic) bond motifs is 2. The molecule has 0 radical (unpaired) electrons. The number of rotatable bonds is 8. The van der Waals surface area contributed by atoms with Gasteiger partial charge in [-0.05, 0) is 50.8 Å². The smallest absolute Gasteiger partial charge is 0.336 e. The van der Waals surface area contributed by atoms with Gasteiger partial charge in [0.25, 0.3) is 0 Å². The van der Waals surface area contributed by atoms with Crippen molar-refractivity contribution in [3.63, 3.8) is 0 Å². The molecule has 8 nitrogen and oxygen atoms in total. The Kier molecular flexibility index (Phi) is 6.29. The number of aliphatic carboxylic acids is 1. The van der Waals surface area contributed by atoms with Gasteiger partial charge in [0.1, 0.15) is 5.58 Å². The highest BCUT2D eigenvalue weighted by Crippen LogP contribution is 2.42. The highest BCUT2D eigenvalue weighted by molar-refractivity contribution is 7.86. The zero-order valence-corrected chi connectivity index (χ0v) is 18.6. The standard InChI is InChI=1S/C22H27NO7S/c1-14-9-21(26)30-19-11-18-17(10-16(14)19)15(13-31(27,28)29)12-22(2,3)23(18)8-6-4-5-7-20(24)25/h9-12H,4-8,13H2,1-3H3,(H,24,25)(H,27,28,29)/p-1. The van der Waals surface area contributed by atoms with Crippen LogP contribution in [0.4, 0.5) is 5.69 Å². The summed E-state index contributed by atoms with van der Waals surface area (Å²) in [5, 5.41) is 9.49. The van der Waals surface area contributed by atoms with E-state index in [2.05, 4.69) is 4.90 Å². The van der Waals surface area contributed by atoms with E-state index in [0.29, 0.717) is 46.3 Å². The van der Waals surface area contributed by atoms with Crippen molar-refractivity contribution in [2.45, 2.75) is 52.0 Å². The third-order valence-corrected chi connectivity index (χ3v) is 6.20. The number of hydrogen-bond donors (Lipinski definition) is 1. The third kappa shape index (κ3) is 5.34. The van der Waals surface area contributed by atoms with Crippen LogP contribution in [0, 0.1) is 6.92 Å². The molecule has 1 aromatic heterocycles. The lowest BCUT2D eigenvalue weighted by Crippen LogP contribution is -2.46. The second kappa shape index (κ2) is 8.47. The number of hydrogen-bond acceptors (Lipinski definition) is 7. The van der Waals surface area contributed by atoms with E-state index in [-0.39, 0.29) is 6.42 Å². The van der Waals surface area contributed by atoms with Gasteiger partial charge in [-0.1, -0.05) is 12.5 Å². The van der Waals surface area contributed by atoms with Gasteiger partial charge in [-0.25, -0.2) is 13.2 Å². The van der Waals surface area contributed by atoms with Gasteiger partial charge in [0, 0.05) is 41.7 Å². The summed E-state index contributed by atoms with van der Waals surface area (Å²) in [6, 6.07) is 4.87. The van der Waals surface area contributed by atoms with Crippen molar-refractivity contribution in [3.8, 4) is 0 Å². The van der Waals surface area contributed by atoms with E-state index in [1.165, 1.54) is 6.07 Å². The molecule has 0 amide bonds. The molecule has 0 atom stereocenters. The largest absolute Gasteiger partial charge is 0.748 e. The van der Waals surface area contributed by atoms with Crippen LogP contribution in [0.25, 0.3) is 16.5 Å². The normalized spacial score (nSPS) is 15.6. The fourth-order valence-electron chi connectivity index (χ4n) is 4.17. The maximum atomic E-state index is 11.9. The first-order valence-electron chi connectivity index (χ1n) is 10.1. The molecule has 168 valence electrons. The Morgan fingerprint density at radius 3 is 2.55 bits per heavy atom.